The Labute approximate surface area is 57.0 Å². The standard InChI is InChI=1S/C6H4N4/c1-2-7-3-6-5(1)10-9-4-8-6/h1-4H. The van der Waals surface area contributed by atoms with Crippen LogP contribution >= 0.6 is 0 Å². The lowest BCUT2D eigenvalue weighted by atomic mass is 10.4. The summed E-state index contributed by atoms with van der Waals surface area (Å²) < 4.78 is 0. The van der Waals surface area contributed by atoms with Crippen LogP contribution in [0.15, 0.2) is 24.8 Å². The summed E-state index contributed by atoms with van der Waals surface area (Å²) >= 11 is 0. The molecule has 2 aromatic rings. The van der Waals surface area contributed by atoms with Crippen molar-refractivity contribution in [2.24, 2.45) is 0 Å². The summed E-state index contributed by atoms with van der Waals surface area (Å²) in [6.45, 7) is 0. The van der Waals surface area contributed by atoms with Crippen LogP contribution in [-0.4, -0.2) is 20.2 Å². The molecule has 2 heterocycles. The zero-order chi connectivity index (χ0) is 6.81. The van der Waals surface area contributed by atoms with Crippen molar-refractivity contribution in [3.05, 3.63) is 24.8 Å². The highest BCUT2D eigenvalue weighted by atomic mass is 15.1. The normalized spacial score (nSPS) is 10.0. The van der Waals surface area contributed by atoms with E-state index in [4.69, 9.17) is 0 Å². The SMILES string of the molecule is c1cc2nncnc2cn1. The van der Waals surface area contributed by atoms with Gasteiger partial charge in [0.25, 0.3) is 0 Å². The molecule has 2 aromatic heterocycles. The Morgan fingerprint density at radius 2 is 2.20 bits per heavy atom. The maximum atomic E-state index is 3.95. The van der Waals surface area contributed by atoms with Gasteiger partial charge in [-0.1, -0.05) is 0 Å². The van der Waals surface area contributed by atoms with Gasteiger partial charge in [-0.3, -0.25) is 4.98 Å². The van der Waals surface area contributed by atoms with Gasteiger partial charge in [0.05, 0.1) is 6.20 Å². The first-order valence-corrected chi connectivity index (χ1v) is 2.84. The van der Waals surface area contributed by atoms with Gasteiger partial charge >= 0.3 is 0 Å². The third kappa shape index (κ3) is 0.699. The van der Waals surface area contributed by atoms with Crippen molar-refractivity contribution >= 4 is 11.0 Å². The molecule has 0 aliphatic rings. The van der Waals surface area contributed by atoms with Crippen molar-refractivity contribution in [3.63, 3.8) is 0 Å². The quantitative estimate of drug-likeness (QED) is 0.521. The van der Waals surface area contributed by atoms with Crippen LogP contribution in [0.25, 0.3) is 11.0 Å². The molecule has 0 saturated carbocycles. The molecule has 0 aliphatic carbocycles. The van der Waals surface area contributed by atoms with Crippen LogP contribution in [0.5, 0.6) is 0 Å². The summed E-state index contributed by atoms with van der Waals surface area (Å²) in [6, 6.07) is 1.77. The minimum absolute atomic E-state index is 0.775. The third-order valence-corrected chi connectivity index (χ3v) is 1.19. The molecular weight excluding hydrogens is 128 g/mol. The second kappa shape index (κ2) is 1.98. The van der Waals surface area contributed by atoms with Crippen molar-refractivity contribution < 1.29 is 0 Å². The molecule has 0 atom stereocenters. The van der Waals surface area contributed by atoms with Gasteiger partial charge in [0.1, 0.15) is 17.4 Å². The molecule has 4 nitrogen and oxygen atoms in total. The molecule has 0 bridgehead atoms. The first-order chi connectivity index (χ1) is 4.97. The van der Waals surface area contributed by atoms with Crippen molar-refractivity contribution in [3.8, 4) is 0 Å². The van der Waals surface area contributed by atoms with E-state index in [1.807, 2.05) is 0 Å². The molecule has 10 heavy (non-hydrogen) atoms. The van der Waals surface area contributed by atoms with E-state index in [0.29, 0.717) is 0 Å². The Morgan fingerprint density at radius 3 is 3.10 bits per heavy atom. The molecule has 4 heteroatoms. The van der Waals surface area contributed by atoms with Gasteiger partial charge in [0.2, 0.25) is 0 Å². The largest absolute Gasteiger partial charge is 0.262 e. The Hall–Kier alpha value is -1.58. The summed E-state index contributed by atoms with van der Waals surface area (Å²) in [5, 5.41) is 7.45. The van der Waals surface area contributed by atoms with Crippen LogP contribution in [0, 0.1) is 0 Å². The van der Waals surface area contributed by atoms with E-state index < -0.39 is 0 Å². The van der Waals surface area contributed by atoms with Crippen molar-refractivity contribution in [1.29, 1.82) is 0 Å². The van der Waals surface area contributed by atoms with Crippen LogP contribution in [0.1, 0.15) is 0 Å². The second-order valence-corrected chi connectivity index (χ2v) is 1.82. The van der Waals surface area contributed by atoms with Gasteiger partial charge in [-0.25, -0.2) is 4.98 Å². The monoisotopic (exact) mass is 132 g/mol. The Bertz CT molecular complexity index is 281. The van der Waals surface area contributed by atoms with Gasteiger partial charge in [-0.05, 0) is 6.07 Å². The minimum atomic E-state index is 0.775. The predicted octanol–water partition coefficient (Wildman–Crippen LogP) is 0.420. The number of fused-ring (bicyclic) bond motifs is 1. The summed E-state index contributed by atoms with van der Waals surface area (Å²) in [7, 11) is 0. The average molecular weight is 132 g/mol. The van der Waals surface area contributed by atoms with Crippen LogP contribution < -0.4 is 0 Å². The van der Waals surface area contributed by atoms with E-state index in [1.165, 1.54) is 6.33 Å². The summed E-state index contributed by atoms with van der Waals surface area (Å²) in [5.41, 5.74) is 1.55. The molecule has 0 fully saturated rings. The molecule has 0 radical (unpaired) electrons. The van der Waals surface area contributed by atoms with Gasteiger partial charge in [0, 0.05) is 6.20 Å². The van der Waals surface area contributed by atoms with E-state index in [0.717, 1.165) is 11.0 Å². The zero-order valence-electron chi connectivity index (χ0n) is 5.10. The molecule has 2 rings (SSSR count). The highest BCUT2D eigenvalue weighted by Gasteiger charge is 1.90. The number of nitrogens with zero attached hydrogens (tertiary/aromatic N) is 4. The smallest absolute Gasteiger partial charge is 0.138 e. The molecule has 0 N–H and O–H groups in total. The third-order valence-electron chi connectivity index (χ3n) is 1.19. The molecule has 0 spiro atoms. The number of rotatable bonds is 0. The average Bonchev–Trinajstić information content (AvgIpc) is 2.05. The van der Waals surface area contributed by atoms with Crippen LogP contribution in [0.4, 0.5) is 0 Å². The van der Waals surface area contributed by atoms with E-state index in [1.54, 1.807) is 18.5 Å². The lowest BCUT2D eigenvalue weighted by Gasteiger charge is -1.88. The zero-order valence-corrected chi connectivity index (χ0v) is 5.10. The summed E-state index contributed by atoms with van der Waals surface area (Å²) in [6.07, 6.45) is 4.73. The van der Waals surface area contributed by atoms with E-state index in [-0.39, 0.29) is 0 Å². The maximum absolute atomic E-state index is 3.95. The van der Waals surface area contributed by atoms with Gasteiger partial charge in [0.15, 0.2) is 0 Å². The minimum Gasteiger partial charge on any atom is -0.262 e. The van der Waals surface area contributed by atoms with Crippen LogP contribution in [-0.2, 0) is 0 Å². The molecular formula is C6H4N4. The highest BCUT2D eigenvalue weighted by molar-refractivity contribution is 5.71. The fraction of sp³-hybridized carbons (Fsp3) is 0. The number of pyridine rings is 1. The van der Waals surface area contributed by atoms with Gasteiger partial charge in [-0.2, -0.15) is 0 Å². The number of hydrogen-bond acceptors (Lipinski definition) is 4. The van der Waals surface area contributed by atoms with Crippen LogP contribution in [0.3, 0.4) is 0 Å². The summed E-state index contributed by atoms with van der Waals surface area (Å²) in [5.74, 6) is 0. The van der Waals surface area contributed by atoms with Crippen molar-refractivity contribution in [2.75, 3.05) is 0 Å². The maximum Gasteiger partial charge on any atom is 0.138 e. The van der Waals surface area contributed by atoms with Gasteiger partial charge < -0.3 is 0 Å². The van der Waals surface area contributed by atoms with E-state index >= 15 is 0 Å². The Kier molecular flexibility index (Phi) is 1.04. The van der Waals surface area contributed by atoms with Crippen LogP contribution in [0.2, 0.25) is 0 Å². The molecule has 0 aliphatic heterocycles. The first-order valence-electron chi connectivity index (χ1n) is 2.84. The molecule has 0 aromatic carbocycles. The lowest BCUT2D eigenvalue weighted by molar-refractivity contribution is 1.02. The highest BCUT2D eigenvalue weighted by Crippen LogP contribution is 2.00. The fourth-order valence-corrected chi connectivity index (χ4v) is 0.739. The molecule has 48 valence electrons. The Balaban J connectivity index is 2.89. The summed E-state index contributed by atoms with van der Waals surface area (Å²) in [4.78, 5) is 7.83. The van der Waals surface area contributed by atoms with Gasteiger partial charge in [-0.15, -0.1) is 10.2 Å². The fourth-order valence-electron chi connectivity index (χ4n) is 0.739. The van der Waals surface area contributed by atoms with Crippen molar-refractivity contribution in [1.82, 2.24) is 20.2 Å². The first kappa shape index (κ1) is 5.22. The molecule has 0 amide bonds. The number of hydrogen-bond donors (Lipinski definition) is 0. The molecule has 0 unspecified atom stereocenters. The van der Waals surface area contributed by atoms with Crippen molar-refractivity contribution in [2.45, 2.75) is 0 Å². The molecule has 0 saturated heterocycles. The predicted molar refractivity (Wildman–Crippen MR) is 35.1 cm³/mol. The Morgan fingerprint density at radius 1 is 1.20 bits per heavy atom. The second-order valence-electron chi connectivity index (χ2n) is 1.82. The lowest BCUT2D eigenvalue weighted by Crippen LogP contribution is -1.85. The number of aromatic nitrogens is 4. The van der Waals surface area contributed by atoms with E-state index in [9.17, 15) is 0 Å². The van der Waals surface area contributed by atoms with E-state index in [2.05, 4.69) is 20.2 Å². The topological polar surface area (TPSA) is 51.6 Å².